The van der Waals surface area contributed by atoms with Crippen molar-refractivity contribution in [3.05, 3.63) is 25.3 Å². The Morgan fingerprint density at radius 2 is 2.38 bits per heavy atom. The summed E-state index contributed by atoms with van der Waals surface area (Å²) in [6.07, 6.45) is 4.70. The molecule has 2 atom stereocenters. The number of hydrogen-bond acceptors (Lipinski definition) is 3. The summed E-state index contributed by atoms with van der Waals surface area (Å²) in [7, 11) is 0. The summed E-state index contributed by atoms with van der Waals surface area (Å²) in [6.45, 7) is 10.5. The first kappa shape index (κ1) is 10.4. The molecule has 3 N–H and O–H groups in total. The predicted molar refractivity (Wildman–Crippen MR) is 56.4 cm³/mol. The van der Waals surface area contributed by atoms with Crippen LogP contribution in [-0.2, 0) is 0 Å². The molecule has 3 nitrogen and oxygen atoms in total. The molecule has 1 fully saturated rings. The molecule has 74 valence electrons. The Kier molecular flexibility index (Phi) is 4.15. The molecule has 0 aromatic heterocycles. The van der Waals surface area contributed by atoms with Crippen molar-refractivity contribution < 1.29 is 0 Å². The van der Waals surface area contributed by atoms with Gasteiger partial charge in [0.05, 0.1) is 6.17 Å². The zero-order valence-electron chi connectivity index (χ0n) is 8.08. The van der Waals surface area contributed by atoms with Gasteiger partial charge in [-0.3, -0.25) is 4.90 Å². The molecule has 0 aliphatic carbocycles. The summed E-state index contributed by atoms with van der Waals surface area (Å²) in [6, 6.07) is 0.472. The van der Waals surface area contributed by atoms with Crippen LogP contribution in [0.25, 0.3) is 0 Å². The summed E-state index contributed by atoms with van der Waals surface area (Å²) in [5, 5.41) is 3.35. The summed E-state index contributed by atoms with van der Waals surface area (Å²) < 4.78 is 0. The maximum Gasteiger partial charge on any atom is 0.0764 e. The van der Waals surface area contributed by atoms with Gasteiger partial charge in [0.15, 0.2) is 0 Å². The van der Waals surface area contributed by atoms with Crippen molar-refractivity contribution in [3.63, 3.8) is 0 Å². The normalized spacial score (nSPS) is 26.7. The van der Waals surface area contributed by atoms with E-state index in [1.54, 1.807) is 6.08 Å². The van der Waals surface area contributed by atoms with Crippen molar-refractivity contribution in [1.29, 1.82) is 0 Å². The number of nitrogens with one attached hydrogen (secondary N) is 1. The minimum absolute atomic E-state index is 0.0213. The van der Waals surface area contributed by atoms with E-state index in [1.807, 2.05) is 6.08 Å². The van der Waals surface area contributed by atoms with Gasteiger partial charge in [0, 0.05) is 25.7 Å². The number of nitrogens with zero attached hydrogens (tertiary/aromatic N) is 1. The standard InChI is InChI=1S/C10H19N3/c1-3-5-9-8-12-6-7-13(9)10(11)4-2/h3-4,9-10,12H,1-2,5-8,11H2. The van der Waals surface area contributed by atoms with Gasteiger partial charge >= 0.3 is 0 Å². The van der Waals surface area contributed by atoms with Gasteiger partial charge in [-0.1, -0.05) is 12.2 Å². The topological polar surface area (TPSA) is 41.3 Å². The molecule has 0 amide bonds. The Balaban J connectivity index is 2.54. The van der Waals surface area contributed by atoms with Gasteiger partial charge in [-0.2, -0.15) is 0 Å². The number of piperazine rings is 1. The lowest BCUT2D eigenvalue weighted by Crippen LogP contribution is -2.57. The summed E-state index contributed by atoms with van der Waals surface area (Å²) in [4.78, 5) is 2.27. The molecule has 1 aliphatic heterocycles. The maximum absolute atomic E-state index is 5.91. The number of hydrogen-bond donors (Lipinski definition) is 2. The van der Waals surface area contributed by atoms with E-state index in [0.29, 0.717) is 6.04 Å². The van der Waals surface area contributed by atoms with Crippen LogP contribution in [0.2, 0.25) is 0 Å². The monoisotopic (exact) mass is 181 g/mol. The predicted octanol–water partition coefficient (Wildman–Crippen LogP) is 0.307. The molecule has 1 saturated heterocycles. The van der Waals surface area contributed by atoms with Gasteiger partial charge in [-0.15, -0.1) is 13.2 Å². The quantitative estimate of drug-likeness (QED) is 0.613. The molecule has 1 rings (SSSR count). The van der Waals surface area contributed by atoms with E-state index in [4.69, 9.17) is 5.73 Å². The highest BCUT2D eigenvalue weighted by molar-refractivity contribution is 4.92. The first-order valence-electron chi connectivity index (χ1n) is 4.75. The molecule has 0 saturated carbocycles. The Hall–Kier alpha value is -0.640. The maximum atomic E-state index is 5.91. The van der Waals surface area contributed by atoms with E-state index in [0.717, 1.165) is 26.1 Å². The van der Waals surface area contributed by atoms with E-state index in [2.05, 4.69) is 23.4 Å². The van der Waals surface area contributed by atoms with Crippen LogP contribution in [0, 0.1) is 0 Å². The van der Waals surface area contributed by atoms with Crippen LogP contribution in [0.1, 0.15) is 6.42 Å². The van der Waals surface area contributed by atoms with Crippen molar-refractivity contribution in [3.8, 4) is 0 Å². The molecule has 2 unspecified atom stereocenters. The first-order valence-corrected chi connectivity index (χ1v) is 4.75. The third-order valence-corrected chi connectivity index (χ3v) is 2.46. The lowest BCUT2D eigenvalue weighted by molar-refractivity contribution is 0.133. The zero-order valence-corrected chi connectivity index (χ0v) is 8.08. The molecule has 13 heavy (non-hydrogen) atoms. The molecule has 1 heterocycles. The van der Waals surface area contributed by atoms with Gasteiger partial charge in [-0.05, 0) is 6.42 Å². The Morgan fingerprint density at radius 1 is 1.62 bits per heavy atom. The Labute approximate surface area is 80.3 Å². The summed E-state index contributed by atoms with van der Waals surface area (Å²) >= 11 is 0. The fourth-order valence-electron chi connectivity index (χ4n) is 1.72. The second kappa shape index (κ2) is 5.17. The van der Waals surface area contributed by atoms with E-state index >= 15 is 0 Å². The van der Waals surface area contributed by atoms with Gasteiger partial charge < -0.3 is 11.1 Å². The first-order chi connectivity index (χ1) is 6.29. The summed E-state index contributed by atoms with van der Waals surface area (Å²) in [5.74, 6) is 0. The van der Waals surface area contributed by atoms with Crippen LogP contribution in [0.15, 0.2) is 25.3 Å². The number of rotatable bonds is 4. The largest absolute Gasteiger partial charge is 0.314 e. The molecule has 0 radical (unpaired) electrons. The van der Waals surface area contributed by atoms with E-state index in [-0.39, 0.29) is 6.17 Å². The molecule has 3 heteroatoms. The lowest BCUT2D eigenvalue weighted by atomic mass is 10.1. The van der Waals surface area contributed by atoms with Crippen LogP contribution < -0.4 is 11.1 Å². The third kappa shape index (κ3) is 2.66. The van der Waals surface area contributed by atoms with Gasteiger partial charge in [0.2, 0.25) is 0 Å². The van der Waals surface area contributed by atoms with E-state index in [1.165, 1.54) is 0 Å². The molecule has 0 spiro atoms. The molecule has 0 bridgehead atoms. The van der Waals surface area contributed by atoms with Gasteiger partial charge in [0.25, 0.3) is 0 Å². The van der Waals surface area contributed by atoms with E-state index < -0.39 is 0 Å². The average molecular weight is 181 g/mol. The SMILES string of the molecule is C=CCC1CNCCN1C(N)C=C. The second-order valence-electron chi connectivity index (χ2n) is 3.35. The van der Waals surface area contributed by atoms with Crippen molar-refractivity contribution >= 4 is 0 Å². The van der Waals surface area contributed by atoms with Gasteiger partial charge in [0.1, 0.15) is 0 Å². The second-order valence-corrected chi connectivity index (χ2v) is 3.35. The highest BCUT2D eigenvalue weighted by Gasteiger charge is 2.23. The highest BCUT2D eigenvalue weighted by atomic mass is 15.3. The third-order valence-electron chi connectivity index (χ3n) is 2.46. The van der Waals surface area contributed by atoms with Gasteiger partial charge in [-0.25, -0.2) is 0 Å². The zero-order chi connectivity index (χ0) is 9.68. The number of nitrogens with two attached hydrogens (primary N) is 1. The molecular formula is C10H19N3. The highest BCUT2D eigenvalue weighted by Crippen LogP contribution is 2.09. The van der Waals surface area contributed by atoms with Crippen LogP contribution >= 0.6 is 0 Å². The van der Waals surface area contributed by atoms with E-state index in [9.17, 15) is 0 Å². The molecule has 1 aliphatic rings. The van der Waals surface area contributed by atoms with Crippen molar-refractivity contribution in [2.45, 2.75) is 18.6 Å². The Morgan fingerprint density at radius 3 is 3.00 bits per heavy atom. The minimum atomic E-state index is -0.0213. The summed E-state index contributed by atoms with van der Waals surface area (Å²) in [5.41, 5.74) is 5.91. The van der Waals surface area contributed by atoms with Crippen LogP contribution in [0.5, 0.6) is 0 Å². The molecule has 0 aromatic rings. The van der Waals surface area contributed by atoms with Crippen molar-refractivity contribution in [2.24, 2.45) is 5.73 Å². The van der Waals surface area contributed by atoms with Crippen LogP contribution in [0.4, 0.5) is 0 Å². The molecule has 0 aromatic carbocycles. The van der Waals surface area contributed by atoms with Crippen molar-refractivity contribution in [2.75, 3.05) is 19.6 Å². The Bertz CT molecular complexity index is 179. The smallest absolute Gasteiger partial charge is 0.0764 e. The van der Waals surface area contributed by atoms with Crippen molar-refractivity contribution in [1.82, 2.24) is 10.2 Å². The van der Waals surface area contributed by atoms with Crippen LogP contribution in [-0.4, -0.2) is 36.7 Å². The minimum Gasteiger partial charge on any atom is -0.314 e. The van der Waals surface area contributed by atoms with Crippen LogP contribution in [0.3, 0.4) is 0 Å². The fraction of sp³-hybridized carbons (Fsp3) is 0.600. The molecular weight excluding hydrogens is 162 g/mol. The fourth-order valence-corrected chi connectivity index (χ4v) is 1.72. The average Bonchev–Trinajstić information content (AvgIpc) is 2.18. The lowest BCUT2D eigenvalue weighted by Gasteiger charge is -2.38.